The zero-order valence-corrected chi connectivity index (χ0v) is 18.6. The van der Waals surface area contributed by atoms with Crippen LogP contribution in [0.25, 0.3) is 10.6 Å². The highest BCUT2D eigenvalue weighted by Crippen LogP contribution is 2.38. The summed E-state index contributed by atoms with van der Waals surface area (Å²) in [6.45, 7) is 0.733. The second kappa shape index (κ2) is 8.55. The molecule has 0 radical (unpaired) electrons. The third-order valence-corrected chi connectivity index (χ3v) is 6.00. The molecule has 0 aliphatic carbocycles. The Hall–Kier alpha value is -2.74. The number of benzene rings is 2. The van der Waals surface area contributed by atoms with E-state index in [1.807, 2.05) is 56.4 Å². The Kier molecular flexibility index (Phi) is 5.85. The van der Waals surface area contributed by atoms with Gasteiger partial charge in [-0.25, -0.2) is 4.98 Å². The Bertz CT molecular complexity index is 1140. The molecule has 2 heterocycles. The van der Waals surface area contributed by atoms with Gasteiger partial charge in [0.1, 0.15) is 5.01 Å². The summed E-state index contributed by atoms with van der Waals surface area (Å²) in [7, 11) is 5.75. The monoisotopic (exact) mass is 439 g/mol. The van der Waals surface area contributed by atoms with Gasteiger partial charge >= 0.3 is 0 Å². The van der Waals surface area contributed by atoms with Crippen molar-refractivity contribution in [2.24, 2.45) is 4.99 Å². The zero-order valence-electron chi connectivity index (χ0n) is 17.0. The van der Waals surface area contributed by atoms with E-state index in [1.54, 1.807) is 17.4 Å². The number of carbonyl (C=O) groups is 1. The molecule has 1 aliphatic heterocycles. The lowest BCUT2D eigenvalue weighted by Crippen LogP contribution is -2.15. The molecule has 0 fully saturated rings. The van der Waals surface area contributed by atoms with E-state index in [4.69, 9.17) is 16.6 Å². The summed E-state index contributed by atoms with van der Waals surface area (Å²) in [5, 5.41) is 9.61. The van der Waals surface area contributed by atoms with Crippen molar-refractivity contribution in [1.82, 2.24) is 10.3 Å². The van der Waals surface area contributed by atoms with Gasteiger partial charge in [0.15, 0.2) is 0 Å². The summed E-state index contributed by atoms with van der Waals surface area (Å²) in [5.41, 5.74) is 5.81. The number of carbonyl (C=O) groups excluding carboxylic acids is 1. The Morgan fingerprint density at radius 3 is 2.80 bits per heavy atom. The maximum Gasteiger partial charge on any atom is 0.230 e. The summed E-state index contributed by atoms with van der Waals surface area (Å²) >= 11 is 7.98. The molecule has 6 nitrogen and oxygen atoms in total. The number of halogens is 1. The fourth-order valence-electron chi connectivity index (χ4n) is 3.32. The molecule has 0 spiro atoms. The van der Waals surface area contributed by atoms with Crippen molar-refractivity contribution in [3.63, 3.8) is 0 Å². The van der Waals surface area contributed by atoms with Crippen LogP contribution in [0.5, 0.6) is 0 Å². The highest BCUT2D eigenvalue weighted by Gasteiger charge is 2.20. The number of rotatable bonds is 5. The van der Waals surface area contributed by atoms with Gasteiger partial charge in [0.05, 0.1) is 39.9 Å². The van der Waals surface area contributed by atoms with Gasteiger partial charge in [-0.3, -0.25) is 9.79 Å². The van der Waals surface area contributed by atoms with Crippen LogP contribution in [0.1, 0.15) is 17.7 Å². The number of amides is 1. The first-order chi connectivity index (χ1) is 14.4. The molecule has 0 unspecified atom stereocenters. The lowest BCUT2D eigenvalue weighted by Gasteiger charge is -2.16. The molecule has 2 N–H and O–H groups in total. The second-order valence-electron chi connectivity index (χ2n) is 7.25. The van der Waals surface area contributed by atoms with Crippen LogP contribution in [0.3, 0.4) is 0 Å². The number of nitrogens with one attached hydrogen (secondary N) is 2. The highest BCUT2D eigenvalue weighted by molar-refractivity contribution is 7.13. The van der Waals surface area contributed by atoms with Gasteiger partial charge in [-0.15, -0.1) is 11.3 Å². The van der Waals surface area contributed by atoms with Gasteiger partial charge in [-0.05, 0) is 30.8 Å². The van der Waals surface area contributed by atoms with E-state index in [-0.39, 0.29) is 12.3 Å². The minimum absolute atomic E-state index is 0.114. The molecule has 1 aromatic heterocycles. The smallest absolute Gasteiger partial charge is 0.230 e. The number of fused-ring (bicyclic) bond motifs is 1. The fourth-order valence-corrected chi connectivity index (χ4v) is 4.47. The number of anilines is 2. The van der Waals surface area contributed by atoms with Crippen LogP contribution in [0, 0.1) is 0 Å². The lowest BCUT2D eigenvalue weighted by molar-refractivity contribution is -0.115. The van der Waals surface area contributed by atoms with Crippen molar-refractivity contribution in [2.45, 2.75) is 13.0 Å². The van der Waals surface area contributed by atoms with E-state index in [1.165, 1.54) is 0 Å². The summed E-state index contributed by atoms with van der Waals surface area (Å²) < 4.78 is 0. The predicted molar refractivity (Wildman–Crippen MR) is 126 cm³/mol. The minimum atomic E-state index is -0.114. The number of thiazole rings is 1. The topological polar surface area (TPSA) is 69.6 Å². The first-order valence-electron chi connectivity index (χ1n) is 9.52. The molecule has 2 aromatic carbocycles. The van der Waals surface area contributed by atoms with Crippen LogP contribution in [-0.2, 0) is 11.3 Å². The fraction of sp³-hybridized carbons (Fsp3) is 0.227. The van der Waals surface area contributed by atoms with Gasteiger partial charge in [0, 0.05) is 31.6 Å². The largest absolute Gasteiger partial charge is 0.376 e. The molecule has 154 valence electrons. The van der Waals surface area contributed by atoms with E-state index >= 15 is 0 Å². The van der Waals surface area contributed by atoms with Crippen molar-refractivity contribution in [3.8, 4) is 10.6 Å². The molecular formula is C22H22ClN5OS. The summed E-state index contributed by atoms with van der Waals surface area (Å²) in [6, 6.07) is 11.7. The Morgan fingerprint density at radius 1 is 1.23 bits per heavy atom. The van der Waals surface area contributed by atoms with Gasteiger partial charge in [0.25, 0.3) is 0 Å². The molecule has 3 aromatic rings. The van der Waals surface area contributed by atoms with Crippen molar-refractivity contribution >= 4 is 51.6 Å². The normalized spacial score (nSPS) is 13.3. The Morgan fingerprint density at radius 2 is 2.03 bits per heavy atom. The van der Waals surface area contributed by atoms with Crippen LogP contribution in [-0.4, -0.2) is 37.7 Å². The SMILES string of the molecule is CNCc1csc(-c2cccc(C3=Nc4cc(N(C)C)c(Cl)cc4NC(=O)C3)c2)n1. The predicted octanol–water partition coefficient (Wildman–Crippen LogP) is 4.71. The molecule has 8 heteroatoms. The van der Waals surface area contributed by atoms with Crippen LogP contribution < -0.4 is 15.5 Å². The van der Waals surface area contributed by atoms with Gasteiger partial charge in [-0.2, -0.15) is 0 Å². The van der Waals surface area contributed by atoms with E-state index in [0.717, 1.165) is 34.1 Å². The van der Waals surface area contributed by atoms with Crippen molar-refractivity contribution in [2.75, 3.05) is 31.4 Å². The summed E-state index contributed by atoms with van der Waals surface area (Å²) in [6.07, 6.45) is 0.190. The Labute approximate surface area is 184 Å². The Balaban J connectivity index is 1.75. The lowest BCUT2D eigenvalue weighted by atomic mass is 10.0. The van der Waals surface area contributed by atoms with E-state index in [0.29, 0.717) is 22.1 Å². The molecule has 4 rings (SSSR count). The van der Waals surface area contributed by atoms with Crippen molar-refractivity contribution < 1.29 is 4.79 Å². The summed E-state index contributed by atoms with van der Waals surface area (Å²) in [5.74, 6) is -0.114. The number of hydrogen-bond acceptors (Lipinski definition) is 6. The minimum Gasteiger partial charge on any atom is -0.376 e. The first-order valence-corrected chi connectivity index (χ1v) is 10.8. The second-order valence-corrected chi connectivity index (χ2v) is 8.52. The quantitative estimate of drug-likeness (QED) is 0.604. The highest BCUT2D eigenvalue weighted by atomic mass is 35.5. The number of nitrogens with zero attached hydrogens (tertiary/aromatic N) is 3. The van der Waals surface area contributed by atoms with E-state index < -0.39 is 0 Å². The van der Waals surface area contributed by atoms with Crippen LogP contribution >= 0.6 is 22.9 Å². The van der Waals surface area contributed by atoms with Crippen molar-refractivity contribution in [1.29, 1.82) is 0 Å². The molecule has 1 amide bonds. The number of aliphatic imine (C=N–C) groups is 1. The standard InChI is InChI=1S/C22H22ClN5OS/c1-24-11-15-12-30-22(25-15)14-6-4-5-13(7-14)17-10-21(29)27-18-8-16(23)20(28(2)3)9-19(18)26-17/h4-9,12,24H,10-11H2,1-3H3,(H,27,29). The van der Waals surface area contributed by atoms with Crippen molar-refractivity contribution in [3.05, 3.63) is 58.1 Å². The zero-order chi connectivity index (χ0) is 21.3. The third kappa shape index (κ3) is 4.23. The van der Waals surface area contributed by atoms with Crippen LogP contribution in [0.2, 0.25) is 5.02 Å². The van der Waals surface area contributed by atoms with Gasteiger partial charge in [-0.1, -0.05) is 29.8 Å². The van der Waals surface area contributed by atoms with Gasteiger partial charge < -0.3 is 15.5 Å². The molecule has 0 saturated heterocycles. The number of aromatic nitrogens is 1. The molecule has 0 saturated carbocycles. The maximum atomic E-state index is 12.5. The van der Waals surface area contributed by atoms with Crippen LogP contribution in [0.15, 0.2) is 46.8 Å². The molecule has 0 atom stereocenters. The summed E-state index contributed by atoms with van der Waals surface area (Å²) in [4.78, 5) is 24.0. The van der Waals surface area contributed by atoms with Gasteiger partial charge in [0.2, 0.25) is 5.91 Å². The first kappa shape index (κ1) is 20.5. The average molecular weight is 440 g/mol. The van der Waals surface area contributed by atoms with E-state index in [2.05, 4.69) is 21.0 Å². The molecule has 0 bridgehead atoms. The third-order valence-electron chi connectivity index (χ3n) is 4.76. The molecule has 30 heavy (non-hydrogen) atoms. The van der Waals surface area contributed by atoms with E-state index in [9.17, 15) is 4.79 Å². The average Bonchev–Trinajstić information content (AvgIpc) is 3.11. The molecule has 1 aliphatic rings. The number of hydrogen-bond donors (Lipinski definition) is 2. The molecular weight excluding hydrogens is 418 g/mol. The maximum absolute atomic E-state index is 12.5. The van der Waals surface area contributed by atoms with Crippen LogP contribution in [0.4, 0.5) is 17.1 Å².